The molecule has 150 valence electrons. The third kappa shape index (κ3) is 4.54. The normalized spacial score (nSPS) is 13.5. The van der Waals surface area contributed by atoms with Gasteiger partial charge in [-0.25, -0.2) is 4.98 Å². The number of benzene rings is 2. The summed E-state index contributed by atoms with van der Waals surface area (Å²) in [6.45, 7) is 2.03. The lowest BCUT2D eigenvalue weighted by molar-refractivity contribution is 0.0788. The van der Waals surface area contributed by atoms with Crippen molar-refractivity contribution in [3.8, 4) is 22.1 Å². The number of carbonyl (C=O) groups is 1. The van der Waals surface area contributed by atoms with Gasteiger partial charge in [0.2, 0.25) is 0 Å². The number of halogens is 1. The van der Waals surface area contributed by atoms with Gasteiger partial charge in [-0.3, -0.25) is 4.79 Å². The number of nitrogens with zero attached hydrogens (tertiary/aromatic N) is 2. The molecule has 1 saturated heterocycles. The molecule has 0 N–H and O–H groups in total. The number of hydrogen-bond donors (Lipinski definition) is 0. The van der Waals surface area contributed by atoms with Gasteiger partial charge in [-0.05, 0) is 48.7 Å². The van der Waals surface area contributed by atoms with Crippen LogP contribution in [-0.4, -0.2) is 36.0 Å². The standard InChI is InChI=1S/C22H21ClN2O3S/c1-27-20-12-16(7-8-19(20)28-13-15-5-4-6-17(23)11-15)21-24-18(14-29-21)22(26)25-9-2-3-10-25/h4-8,11-12,14H,2-3,9-10,13H2,1H3. The van der Waals surface area contributed by atoms with Gasteiger partial charge in [-0.15, -0.1) is 11.3 Å². The summed E-state index contributed by atoms with van der Waals surface area (Å²) in [5.74, 6) is 1.27. The van der Waals surface area contributed by atoms with Crippen LogP contribution in [0.15, 0.2) is 47.8 Å². The fourth-order valence-corrected chi connectivity index (χ4v) is 4.30. The Kier molecular flexibility index (Phi) is 6.02. The first-order chi connectivity index (χ1) is 14.1. The second kappa shape index (κ2) is 8.84. The fraction of sp³-hybridized carbons (Fsp3) is 0.273. The van der Waals surface area contributed by atoms with E-state index in [0.717, 1.165) is 42.1 Å². The maximum absolute atomic E-state index is 12.5. The predicted octanol–water partition coefficient (Wildman–Crippen LogP) is 5.29. The van der Waals surface area contributed by atoms with E-state index in [1.165, 1.54) is 11.3 Å². The van der Waals surface area contributed by atoms with Crippen molar-refractivity contribution >= 4 is 28.8 Å². The van der Waals surface area contributed by atoms with Crippen molar-refractivity contribution in [1.29, 1.82) is 0 Å². The molecule has 7 heteroatoms. The summed E-state index contributed by atoms with van der Waals surface area (Å²) in [6, 6.07) is 13.2. The Labute approximate surface area is 178 Å². The quantitative estimate of drug-likeness (QED) is 0.535. The first-order valence-electron chi connectivity index (χ1n) is 9.44. The zero-order valence-corrected chi connectivity index (χ0v) is 17.6. The SMILES string of the molecule is COc1cc(-c2nc(C(=O)N3CCCC3)cs2)ccc1OCc1cccc(Cl)c1. The molecule has 0 aliphatic carbocycles. The summed E-state index contributed by atoms with van der Waals surface area (Å²) in [4.78, 5) is 18.9. The lowest BCUT2D eigenvalue weighted by Crippen LogP contribution is -2.27. The Morgan fingerprint density at radius 1 is 1.17 bits per heavy atom. The third-order valence-electron chi connectivity index (χ3n) is 4.81. The average molecular weight is 429 g/mol. The van der Waals surface area contributed by atoms with Gasteiger partial charge in [0, 0.05) is 29.1 Å². The summed E-state index contributed by atoms with van der Waals surface area (Å²) in [5, 5.41) is 3.29. The van der Waals surface area contributed by atoms with Crippen molar-refractivity contribution in [2.45, 2.75) is 19.4 Å². The largest absolute Gasteiger partial charge is 0.493 e. The molecule has 3 aromatic rings. The number of amides is 1. The van der Waals surface area contributed by atoms with Crippen LogP contribution in [0.25, 0.3) is 10.6 Å². The highest BCUT2D eigenvalue weighted by Crippen LogP contribution is 2.34. The smallest absolute Gasteiger partial charge is 0.273 e. The van der Waals surface area contributed by atoms with Crippen molar-refractivity contribution in [2.24, 2.45) is 0 Å². The molecule has 1 aliphatic rings. The number of hydrogen-bond acceptors (Lipinski definition) is 5. The van der Waals surface area contributed by atoms with E-state index in [4.69, 9.17) is 21.1 Å². The van der Waals surface area contributed by atoms with Crippen LogP contribution in [0.4, 0.5) is 0 Å². The second-order valence-corrected chi connectivity index (χ2v) is 8.12. The molecule has 2 heterocycles. The monoisotopic (exact) mass is 428 g/mol. The van der Waals surface area contributed by atoms with Gasteiger partial charge in [0.25, 0.3) is 5.91 Å². The minimum absolute atomic E-state index is 0.0124. The topological polar surface area (TPSA) is 51.7 Å². The average Bonchev–Trinajstić information content (AvgIpc) is 3.44. The molecule has 1 amide bonds. The van der Waals surface area contributed by atoms with E-state index >= 15 is 0 Å². The maximum Gasteiger partial charge on any atom is 0.273 e. The Morgan fingerprint density at radius 3 is 2.76 bits per heavy atom. The molecular weight excluding hydrogens is 408 g/mol. The van der Waals surface area contributed by atoms with Crippen LogP contribution < -0.4 is 9.47 Å². The Hall–Kier alpha value is -2.57. The molecule has 4 rings (SSSR count). The molecule has 1 aromatic heterocycles. The van der Waals surface area contributed by atoms with Crippen molar-refractivity contribution in [2.75, 3.05) is 20.2 Å². The molecule has 1 fully saturated rings. The number of aromatic nitrogens is 1. The first-order valence-corrected chi connectivity index (χ1v) is 10.7. The van der Waals surface area contributed by atoms with Gasteiger partial charge >= 0.3 is 0 Å². The van der Waals surface area contributed by atoms with Crippen LogP contribution in [0.5, 0.6) is 11.5 Å². The number of thiazole rings is 1. The van der Waals surface area contributed by atoms with E-state index in [2.05, 4.69) is 4.98 Å². The molecule has 5 nitrogen and oxygen atoms in total. The van der Waals surface area contributed by atoms with Gasteiger partial charge in [-0.2, -0.15) is 0 Å². The minimum Gasteiger partial charge on any atom is -0.493 e. The van der Waals surface area contributed by atoms with Crippen molar-refractivity contribution in [1.82, 2.24) is 9.88 Å². The van der Waals surface area contributed by atoms with Crippen molar-refractivity contribution in [3.63, 3.8) is 0 Å². The summed E-state index contributed by atoms with van der Waals surface area (Å²) in [7, 11) is 1.61. The van der Waals surface area contributed by atoms with Gasteiger partial charge < -0.3 is 14.4 Å². The van der Waals surface area contributed by atoms with E-state index in [-0.39, 0.29) is 5.91 Å². The summed E-state index contributed by atoms with van der Waals surface area (Å²) >= 11 is 7.48. The van der Waals surface area contributed by atoms with Crippen LogP contribution >= 0.6 is 22.9 Å². The van der Waals surface area contributed by atoms with E-state index in [0.29, 0.717) is 28.8 Å². The highest BCUT2D eigenvalue weighted by molar-refractivity contribution is 7.13. The van der Waals surface area contributed by atoms with E-state index < -0.39 is 0 Å². The zero-order chi connectivity index (χ0) is 20.2. The first kappa shape index (κ1) is 19.7. The molecule has 0 bridgehead atoms. The molecule has 0 spiro atoms. The predicted molar refractivity (Wildman–Crippen MR) is 115 cm³/mol. The summed E-state index contributed by atoms with van der Waals surface area (Å²) < 4.78 is 11.4. The Balaban J connectivity index is 1.50. The summed E-state index contributed by atoms with van der Waals surface area (Å²) in [5.41, 5.74) is 2.38. The molecule has 0 radical (unpaired) electrons. The lowest BCUT2D eigenvalue weighted by Gasteiger charge is -2.13. The molecule has 1 aliphatic heterocycles. The number of rotatable bonds is 6. The molecule has 0 unspecified atom stereocenters. The fourth-order valence-electron chi connectivity index (χ4n) is 3.29. The Morgan fingerprint density at radius 2 is 2.00 bits per heavy atom. The van der Waals surface area contributed by atoms with Crippen LogP contribution in [-0.2, 0) is 6.61 Å². The number of methoxy groups -OCH3 is 1. The van der Waals surface area contributed by atoms with E-state index in [1.807, 2.05) is 52.7 Å². The highest BCUT2D eigenvalue weighted by Gasteiger charge is 2.22. The van der Waals surface area contributed by atoms with Crippen LogP contribution in [0.2, 0.25) is 5.02 Å². The van der Waals surface area contributed by atoms with Crippen molar-refractivity contribution in [3.05, 3.63) is 64.1 Å². The zero-order valence-electron chi connectivity index (χ0n) is 16.1. The Bertz CT molecular complexity index is 1010. The summed E-state index contributed by atoms with van der Waals surface area (Å²) in [6.07, 6.45) is 2.13. The molecule has 0 saturated carbocycles. The third-order valence-corrected chi connectivity index (χ3v) is 5.94. The van der Waals surface area contributed by atoms with Crippen LogP contribution in [0, 0.1) is 0 Å². The van der Waals surface area contributed by atoms with Gasteiger partial charge in [0.15, 0.2) is 11.5 Å². The maximum atomic E-state index is 12.5. The van der Waals surface area contributed by atoms with Crippen LogP contribution in [0.1, 0.15) is 28.9 Å². The molecule has 0 atom stereocenters. The van der Waals surface area contributed by atoms with Crippen molar-refractivity contribution < 1.29 is 14.3 Å². The van der Waals surface area contributed by atoms with Gasteiger partial charge in [-0.1, -0.05) is 23.7 Å². The van der Waals surface area contributed by atoms with E-state index in [9.17, 15) is 4.79 Å². The molecule has 29 heavy (non-hydrogen) atoms. The minimum atomic E-state index is 0.0124. The number of likely N-dealkylation sites (tertiary alicyclic amines) is 1. The van der Waals surface area contributed by atoms with Gasteiger partial charge in [0.05, 0.1) is 7.11 Å². The number of ether oxygens (including phenoxy) is 2. The van der Waals surface area contributed by atoms with E-state index in [1.54, 1.807) is 7.11 Å². The lowest BCUT2D eigenvalue weighted by atomic mass is 10.2. The van der Waals surface area contributed by atoms with Crippen LogP contribution in [0.3, 0.4) is 0 Å². The van der Waals surface area contributed by atoms with Gasteiger partial charge in [0.1, 0.15) is 17.3 Å². The molecule has 2 aromatic carbocycles. The highest BCUT2D eigenvalue weighted by atomic mass is 35.5. The second-order valence-electron chi connectivity index (χ2n) is 6.82. The molecular formula is C22H21ClN2O3S. The number of carbonyl (C=O) groups excluding carboxylic acids is 1.